The van der Waals surface area contributed by atoms with Crippen molar-refractivity contribution >= 4 is 0 Å². The van der Waals surface area contributed by atoms with Crippen LogP contribution in [0.1, 0.15) is 37.4 Å². The standard InChI is InChI=1S/C19H24N4O2/c1-3-8-19(4-2,9-10-24)14-25-13-15-6-5-7-16(11-15)18-17(12-20)21-23-22-18/h3,5-7,11,24H,1,4,8-10,13-14H2,2H3,(H,21,22,23). The lowest BCUT2D eigenvalue weighted by Crippen LogP contribution is -2.27. The number of allylic oxidation sites excluding steroid dienone is 1. The van der Waals surface area contributed by atoms with Crippen LogP contribution >= 0.6 is 0 Å². The van der Waals surface area contributed by atoms with Crippen molar-refractivity contribution in [2.24, 2.45) is 5.41 Å². The topological polar surface area (TPSA) is 94.8 Å². The molecule has 0 aliphatic carbocycles. The van der Waals surface area contributed by atoms with Crippen molar-refractivity contribution in [3.05, 3.63) is 48.2 Å². The number of aromatic amines is 1. The van der Waals surface area contributed by atoms with Crippen LogP contribution in [0, 0.1) is 16.7 Å². The van der Waals surface area contributed by atoms with E-state index in [1.165, 1.54) is 0 Å². The Morgan fingerprint density at radius 2 is 2.28 bits per heavy atom. The Morgan fingerprint density at radius 1 is 1.44 bits per heavy atom. The number of aliphatic hydroxyl groups excluding tert-OH is 1. The average Bonchev–Trinajstić information content (AvgIpc) is 3.11. The predicted molar refractivity (Wildman–Crippen MR) is 95.4 cm³/mol. The van der Waals surface area contributed by atoms with Gasteiger partial charge in [-0.3, -0.25) is 0 Å². The van der Waals surface area contributed by atoms with E-state index in [4.69, 9.17) is 10.00 Å². The highest BCUT2D eigenvalue weighted by atomic mass is 16.5. The zero-order valence-electron chi connectivity index (χ0n) is 14.5. The minimum atomic E-state index is -0.0752. The van der Waals surface area contributed by atoms with Gasteiger partial charge in [-0.2, -0.15) is 15.6 Å². The number of nitrogens with zero attached hydrogens (tertiary/aromatic N) is 3. The monoisotopic (exact) mass is 340 g/mol. The Morgan fingerprint density at radius 3 is 2.96 bits per heavy atom. The fourth-order valence-electron chi connectivity index (χ4n) is 2.90. The molecule has 1 aromatic carbocycles. The SMILES string of the molecule is C=CCC(CC)(CCO)COCc1cccc(-c2n[nH]nc2C#N)c1. The van der Waals surface area contributed by atoms with E-state index >= 15 is 0 Å². The van der Waals surface area contributed by atoms with Crippen LogP contribution in [0.5, 0.6) is 0 Å². The maximum Gasteiger partial charge on any atom is 0.190 e. The van der Waals surface area contributed by atoms with Gasteiger partial charge >= 0.3 is 0 Å². The number of nitriles is 1. The summed E-state index contributed by atoms with van der Waals surface area (Å²) in [5.41, 5.74) is 2.57. The summed E-state index contributed by atoms with van der Waals surface area (Å²) < 4.78 is 5.94. The van der Waals surface area contributed by atoms with Gasteiger partial charge in [0.25, 0.3) is 0 Å². The quantitative estimate of drug-likeness (QED) is 0.648. The molecule has 0 bridgehead atoms. The van der Waals surface area contributed by atoms with Crippen molar-refractivity contribution < 1.29 is 9.84 Å². The van der Waals surface area contributed by atoms with Crippen molar-refractivity contribution in [3.8, 4) is 17.3 Å². The number of nitrogens with one attached hydrogen (secondary N) is 1. The van der Waals surface area contributed by atoms with Gasteiger partial charge in [-0.15, -0.1) is 11.7 Å². The molecule has 0 spiro atoms. The van der Waals surface area contributed by atoms with E-state index in [1.807, 2.05) is 36.4 Å². The average molecular weight is 340 g/mol. The van der Waals surface area contributed by atoms with Gasteiger partial charge in [0.1, 0.15) is 11.8 Å². The molecule has 0 saturated heterocycles. The molecule has 132 valence electrons. The molecular formula is C19H24N4O2. The number of H-pyrrole nitrogens is 1. The second-order valence-corrected chi connectivity index (χ2v) is 6.15. The number of aliphatic hydroxyl groups is 1. The van der Waals surface area contributed by atoms with Crippen molar-refractivity contribution in [2.75, 3.05) is 13.2 Å². The van der Waals surface area contributed by atoms with Crippen LogP contribution in [-0.2, 0) is 11.3 Å². The number of hydrogen-bond acceptors (Lipinski definition) is 5. The Labute approximate surface area is 148 Å². The Balaban J connectivity index is 2.05. The summed E-state index contributed by atoms with van der Waals surface area (Å²) in [4.78, 5) is 0. The fraction of sp³-hybridized carbons (Fsp3) is 0.421. The smallest absolute Gasteiger partial charge is 0.190 e. The summed E-state index contributed by atoms with van der Waals surface area (Å²) in [6, 6.07) is 9.75. The molecule has 2 rings (SSSR count). The number of rotatable bonds is 10. The Kier molecular flexibility index (Phi) is 6.87. The lowest BCUT2D eigenvalue weighted by Gasteiger charge is -2.31. The third kappa shape index (κ3) is 4.75. The van der Waals surface area contributed by atoms with E-state index in [1.54, 1.807) is 0 Å². The summed E-state index contributed by atoms with van der Waals surface area (Å²) in [5, 5.41) is 28.8. The van der Waals surface area contributed by atoms with Crippen LogP contribution in [0.4, 0.5) is 0 Å². The molecule has 0 fully saturated rings. The molecule has 1 heterocycles. The van der Waals surface area contributed by atoms with E-state index in [9.17, 15) is 5.11 Å². The second kappa shape index (κ2) is 9.11. The first-order chi connectivity index (χ1) is 12.2. The number of benzene rings is 1. The first-order valence-electron chi connectivity index (χ1n) is 8.37. The molecular weight excluding hydrogens is 316 g/mol. The van der Waals surface area contributed by atoms with E-state index in [-0.39, 0.29) is 17.7 Å². The highest BCUT2D eigenvalue weighted by molar-refractivity contribution is 5.64. The van der Waals surface area contributed by atoms with E-state index in [0.717, 1.165) is 24.0 Å². The van der Waals surface area contributed by atoms with Gasteiger partial charge in [0.05, 0.1) is 13.2 Å². The first-order valence-corrected chi connectivity index (χ1v) is 8.37. The fourth-order valence-corrected chi connectivity index (χ4v) is 2.90. The molecule has 0 aliphatic rings. The number of hydrogen-bond donors (Lipinski definition) is 2. The summed E-state index contributed by atoms with van der Waals surface area (Å²) in [5.74, 6) is 0. The van der Waals surface area contributed by atoms with Gasteiger partial charge in [-0.1, -0.05) is 31.2 Å². The van der Waals surface area contributed by atoms with Gasteiger partial charge in [0.2, 0.25) is 0 Å². The van der Waals surface area contributed by atoms with E-state index < -0.39 is 0 Å². The summed E-state index contributed by atoms with van der Waals surface area (Å²) in [6.45, 7) is 7.09. The molecule has 2 aromatic rings. The normalized spacial score (nSPS) is 13.2. The van der Waals surface area contributed by atoms with Gasteiger partial charge < -0.3 is 9.84 Å². The minimum Gasteiger partial charge on any atom is -0.396 e. The van der Waals surface area contributed by atoms with E-state index in [0.29, 0.717) is 25.3 Å². The van der Waals surface area contributed by atoms with Crippen LogP contribution in [0.3, 0.4) is 0 Å². The molecule has 6 heteroatoms. The molecule has 2 N–H and O–H groups in total. The highest BCUT2D eigenvalue weighted by Crippen LogP contribution is 2.32. The van der Waals surface area contributed by atoms with Crippen molar-refractivity contribution in [2.45, 2.75) is 32.8 Å². The first kappa shape index (κ1) is 18.8. The maximum absolute atomic E-state index is 9.34. The van der Waals surface area contributed by atoms with E-state index in [2.05, 4.69) is 28.9 Å². The largest absolute Gasteiger partial charge is 0.396 e. The van der Waals surface area contributed by atoms with Crippen LogP contribution in [0.25, 0.3) is 11.3 Å². The molecule has 1 atom stereocenters. The molecule has 0 radical (unpaired) electrons. The highest BCUT2D eigenvalue weighted by Gasteiger charge is 2.26. The lowest BCUT2D eigenvalue weighted by atomic mass is 9.79. The zero-order valence-corrected chi connectivity index (χ0v) is 14.5. The van der Waals surface area contributed by atoms with Crippen molar-refractivity contribution in [1.29, 1.82) is 5.26 Å². The lowest BCUT2D eigenvalue weighted by molar-refractivity contribution is 0.0176. The minimum absolute atomic E-state index is 0.0752. The summed E-state index contributed by atoms with van der Waals surface area (Å²) in [6.07, 6.45) is 4.32. The Bertz CT molecular complexity index is 735. The Hall–Kier alpha value is -2.49. The molecule has 1 aromatic heterocycles. The maximum atomic E-state index is 9.34. The van der Waals surface area contributed by atoms with Gasteiger partial charge in [0.15, 0.2) is 5.69 Å². The van der Waals surface area contributed by atoms with Crippen LogP contribution < -0.4 is 0 Å². The molecule has 0 aliphatic heterocycles. The zero-order chi connectivity index (χ0) is 18.1. The summed E-state index contributed by atoms with van der Waals surface area (Å²) >= 11 is 0. The number of aromatic nitrogens is 3. The predicted octanol–water partition coefficient (Wildman–Crippen LogP) is 3.21. The third-order valence-corrected chi connectivity index (χ3v) is 4.50. The van der Waals surface area contributed by atoms with Crippen LogP contribution in [-0.4, -0.2) is 33.7 Å². The van der Waals surface area contributed by atoms with Gasteiger partial charge in [0, 0.05) is 12.2 Å². The number of ether oxygens (including phenoxy) is 1. The third-order valence-electron chi connectivity index (χ3n) is 4.50. The molecule has 0 amide bonds. The van der Waals surface area contributed by atoms with Gasteiger partial charge in [-0.25, -0.2) is 0 Å². The summed E-state index contributed by atoms with van der Waals surface area (Å²) in [7, 11) is 0. The van der Waals surface area contributed by atoms with Crippen molar-refractivity contribution in [1.82, 2.24) is 15.4 Å². The molecule has 6 nitrogen and oxygen atoms in total. The molecule has 1 unspecified atom stereocenters. The van der Waals surface area contributed by atoms with Crippen LogP contribution in [0.15, 0.2) is 36.9 Å². The van der Waals surface area contributed by atoms with Crippen LogP contribution in [0.2, 0.25) is 0 Å². The molecule has 0 saturated carbocycles. The van der Waals surface area contributed by atoms with Gasteiger partial charge in [-0.05, 0) is 36.3 Å². The molecule has 25 heavy (non-hydrogen) atoms. The second-order valence-electron chi connectivity index (χ2n) is 6.15. The van der Waals surface area contributed by atoms with Crippen molar-refractivity contribution in [3.63, 3.8) is 0 Å².